The van der Waals surface area contributed by atoms with E-state index in [1.807, 2.05) is 24.1 Å². The minimum Gasteiger partial charge on any atom is -0.496 e. The van der Waals surface area contributed by atoms with Crippen LogP contribution in [-0.4, -0.2) is 56.1 Å². The number of para-hydroxylation sites is 1. The molecule has 1 aromatic heterocycles. The van der Waals surface area contributed by atoms with Crippen LogP contribution in [0.1, 0.15) is 16.1 Å². The highest BCUT2D eigenvalue weighted by Gasteiger charge is 2.35. The van der Waals surface area contributed by atoms with Crippen molar-refractivity contribution in [3.8, 4) is 16.3 Å². The molecule has 3 aromatic rings. The number of hydrogen-bond donors (Lipinski definition) is 1. The van der Waals surface area contributed by atoms with Crippen LogP contribution in [0.5, 0.6) is 5.75 Å². The predicted molar refractivity (Wildman–Crippen MR) is 123 cm³/mol. The number of halogens is 3. The highest BCUT2D eigenvalue weighted by Crippen LogP contribution is 2.38. The molecule has 6 nitrogen and oxygen atoms in total. The molecule has 0 radical (unpaired) electrons. The van der Waals surface area contributed by atoms with Gasteiger partial charge in [0.1, 0.15) is 16.5 Å². The molecule has 33 heavy (non-hydrogen) atoms. The monoisotopic (exact) mass is 476 g/mol. The van der Waals surface area contributed by atoms with Gasteiger partial charge in [-0.05, 0) is 37.4 Å². The smallest absolute Gasteiger partial charge is 0.418 e. The summed E-state index contributed by atoms with van der Waals surface area (Å²) in [6, 6.07) is 11.2. The number of aromatic nitrogens is 1. The van der Waals surface area contributed by atoms with Crippen molar-refractivity contribution < 1.29 is 22.7 Å². The number of benzene rings is 2. The fraction of sp³-hybridized carbons (Fsp3) is 0.304. The van der Waals surface area contributed by atoms with E-state index in [-0.39, 0.29) is 11.4 Å². The molecule has 1 aliphatic rings. The van der Waals surface area contributed by atoms with Crippen LogP contribution in [0.4, 0.5) is 24.5 Å². The zero-order chi connectivity index (χ0) is 23.6. The summed E-state index contributed by atoms with van der Waals surface area (Å²) in [5.41, 5.74) is 0.0546. The Morgan fingerprint density at radius 2 is 1.85 bits per heavy atom. The Hall–Kier alpha value is -3.11. The van der Waals surface area contributed by atoms with Crippen molar-refractivity contribution in [2.24, 2.45) is 0 Å². The Morgan fingerprint density at radius 3 is 2.55 bits per heavy atom. The topological polar surface area (TPSA) is 57.7 Å². The lowest BCUT2D eigenvalue weighted by molar-refractivity contribution is -0.136. The van der Waals surface area contributed by atoms with E-state index < -0.39 is 17.6 Å². The van der Waals surface area contributed by atoms with Gasteiger partial charge in [0.15, 0.2) is 0 Å². The molecule has 0 spiro atoms. The van der Waals surface area contributed by atoms with Gasteiger partial charge in [-0.2, -0.15) is 13.2 Å². The summed E-state index contributed by atoms with van der Waals surface area (Å²) < 4.78 is 46.8. The number of rotatable bonds is 5. The summed E-state index contributed by atoms with van der Waals surface area (Å²) in [5, 5.41) is 4.45. The SMILES string of the molecule is COc1ccccc1-c1nc(C(=O)Nc2ccc(N3CCN(C)CC3)cc2C(F)(F)F)cs1. The van der Waals surface area contributed by atoms with Crippen molar-refractivity contribution >= 4 is 28.6 Å². The largest absolute Gasteiger partial charge is 0.496 e. The Kier molecular flexibility index (Phi) is 6.57. The summed E-state index contributed by atoms with van der Waals surface area (Å²) in [4.78, 5) is 21.1. The molecular formula is C23H23F3N4O2S. The van der Waals surface area contributed by atoms with Crippen molar-refractivity contribution in [2.75, 3.05) is 50.6 Å². The number of thiazole rings is 1. The van der Waals surface area contributed by atoms with Gasteiger partial charge in [0.2, 0.25) is 0 Å². The maximum Gasteiger partial charge on any atom is 0.418 e. The fourth-order valence-electron chi connectivity index (χ4n) is 3.65. The van der Waals surface area contributed by atoms with Crippen molar-refractivity contribution in [3.05, 3.63) is 59.1 Å². The summed E-state index contributed by atoms with van der Waals surface area (Å²) in [6.07, 6.45) is -4.62. The van der Waals surface area contributed by atoms with Crippen molar-refractivity contribution in [2.45, 2.75) is 6.18 Å². The van der Waals surface area contributed by atoms with E-state index in [4.69, 9.17) is 4.74 Å². The summed E-state index contributed by atoms with van der Waals surface area (Å²) in [5.74, 6) is -0.108. The lowest BCUT2D eigenvalue weighted by atomic mass is 10.1. The summed E-state index contributed by atoms with van der Waals surface area (Å²) in [6.45, 7) is 2.84. The molecule has 1 aliphatic heterocycles. The number of carbonyl (C=O) groups excluding carboxylic acids is 1. The second kappa shape index (κ2) is 9.40. The van der Waals surface area contributed by atoms with Gasteiger partial charge in [-0.15, -0.1) is 11.3 Å². The number of alkyl halides is 3. The number of hydrogen-bond acceptors (Lipinski definition) is 6. The molecule has 1 N–H and O–H groups in total. The molecule has 0 aliphatic carbocycles. The number of nitrogens with one attached hydrogen (secondary N) is 1. The van der Waals surface area contributed by atoms with Gasteiger partial charge in [-0.1, -0.05) is 12.1 Å². The van der Waals surface area contributed by atoms with Crippen molar-refractivity contribution in [1.82, 2.24) is 9.88 Å². The molecule has 1 fully saturated rings. The summed E-state index contributed by atoms with van der Waals surface area (Å²) >= 11 is 1.22. The van der Waals surface area contributed by atoms with Crippen LogP contribution < -0.4 is 15.0 Å². The zero-order valence-electron chi connectivity index (χ0n) is 18.1. The first-order chi connectivity index (χ1) is 15.8. The predicted octanol–water partition coefficient (Wildman–Crippen LogP) is 4.84. The highest BCUT2D eigenvalue weighted by molar-refractivity contribution is 7.13. The third kappa shape index (κ3) is 5.12. The quantitative estimate of drug-likeness (QED) is 0.571. The first-order valence-electron chi connectivity index (χ1n) is 10.3. The van der Waals surface area contributed by atoms with Gasteiger partial charge in [0, 0.05) is 37.2 Å². The van der Waals surface area contributed by atoms with Crippen molar-refractivity contribution in [3.63, 3.8) is 0 Å². The van der Waals surface area contributed by atoms with E-state index in [1.54, 1.807) is 18.2 Å². The average Bonchev–Trinajstić information content (AvgIpc) is 3.29. The van der Waals surface area contributed by atoms with E-state index in [0.29, 0.717) is 35.1 Å². The average molecular weight is 477 g/mol. The van der Waals surface area contributed by atoms with Crippen LogP contribution >= 0.6 is 11.3 Å². The van der Waals surface area contributed by atoms with E-state index in [1.165, 1.54) is 29.9 Å². The molecule has 2 heterocycles. The van der Waals surface area contributed by atoms with E-state index >= 15 is 0 Å². The molecule has 10 heteroatoms. The number of anilines is 2. The minimum absolute atomic E-state index is 0.0391. The molecule has 1 amide bonds. The van der Waals surface area contributed by atoms with Crippen LogP contribution in [0, 0.1) is 0 Å². The molecular weight excluding hydrogens is 453 g/mol. The Bertz CT molecular complexity index is 1140. The second-order valence-corrected chi connectivity index (χ2v) is 8.57. The number of nitrogens with zero attached hydrogens (tertiary/aromatic N) is 3. The van der Waals surface area contributed by atoms with Crippen LogP contribution in [0.2, 0.25) is 0 Å². The van der Waals surface area contributed by atoms with E-state index in [9.17, 15) is 18.0 Å². The highest BCUT2D eigenvalue weighted by atomic mass is 32.1. The number of carbonyl (C=O) groups is 1. The van der Waals surface area contributed by atoms with Crippen LogP contribution in [0.15, 0.2) is 47.8 Å². The third-order valence-electron chi connectivity index (χ3n) is 5.50. The fourth-order valence-corrected chi connectivity index (χ4v) is 4.48. The van der Waals surface area contributed by atoms with Gasteiger partial charge in [-0.25, -0.2) is 4.98 Å². The third-order valence-corrected chi connectivity index (χ3v) is 6.37. The zero-order valence-corrected chi connectivity index (χ0v) is 19.0. The Balaban J connectivity index is 1.57. The molecule has 1 saturated heterocycles. The van der Waals surface area contributed by atoms with Gasteiger partial charge in [-0.3, -0.25) is 4.79 Å². The first kappa shape index (κ1) is 23.1. The second-order valence-electron chi connectivity index (χ2n) is 7.71. The number of likely N-dealkylation sites (N-methyl/N-ethyl adjacent to an activating group) is 1. The molecule has 4 rings (SSSR count). The molecule has 0 unspecified atom stereocenters. The number of methoxy groups -OCH3 is 1. The normalized spacial score (nSPS) is 14.9. The van der Waals surface area contributed by atoms with Crippen molar-refractivity contribution in [1.29, 1.82) is 0 Å². The van der Waals surface area contributed by atoms with Gasteiger partial charge in [0.25, 0.3) is 5.91 Å². The van der Waals surface area contributed by atoms with Crippen LogP contribution in [0.3, 0.4) is 0 Å². The number of ether oxygens (including phenoxy) is 1. The van der Waals surface area contributed by atoms with E-state index in [0.717, 1.165) is 19.2 Å². The lowest BCUT2D eigenvalue weighted by Crippen LogP contribution is -2.44. The summed E-state index contributed by atoms with van der Waals surface area (Å²) in [7, 11) is 3.51. The molecule has 0 atom stereocenters. The minimum atomic E-state index is -4.62. The number of amides is 1. The van der Waals surface area contributed by atoms with Gasteiger partial charge >= 0.3 is 6.18 Å². The van der Waals surface area contributed by atoms with E-state index in [2.05, 4.69) is 15.2 Å². The maximum atomic E-state index is 13.8. The maximum absolute atomic E-state index is 13.8. The molecule has 0 saturated carbocycles. The standard InChI is InChI=1S/C23H23F3N4O2S/c1-29-9-11-30(12-10-29)15-7-8-18(17(13-15)23(24,25)26)27-21(31)19-14-33-22(28-19)16-5-3-4-6-20(16)32-2/h3-8,13-14H,9-12H2,1-2H3,(H,27,31). The van der Waals surface area contributed by atoms with Gasteiger partial charge in [0.05, 0.1) is 23.9 Å². The number of piperazine rings is 1. The molecule has 174 valence electrons. The Morgan fingerprint density at radius 1 is 1.12 bits per heavy atom. The van der Waals surface area contributed by atoms with Gasteiger partial charge < -0.3 is 19.9 Å². The Labute approximate surface area is 193 Å². The molecule has 0 bridgehead atoms. The molecule has 2 aromatic carbocycles. The first-order valence-corrected chi connectivity index (χ1v) is 11.2. The van der Waals surface area contributed by atoms with Crippen LogP contribution in [0.25, 0.3) is 10.6 Å². The van der Waals surface area contributed by atoms with Crippen LogP contribution in [-0.2, 0) is 6.18 Å². The lowest BCUT2D eigenvalue weighted by Gasteiger charge is -2.34.